The van der Waals surface area contributed by atoms with Gasteiger partial charge in [0.15, 0.2) is 0 Å². The van der Waals surface area contributed by atoms with E-state index < -0.39 is 0 Å². The molecule has 2 rings (SSSR count). The van der Waals surface area contributed by atoms with Gasteiger partial charge in [-0.05, 0) is 37.0 Å². The molecule has 1 aliphatic carbocycles. The Bertz CT molecular complexity index is 397. The fourth-order valence-corrected chi connectivity index (χ4v) is 1.93. The molecule has 0 amide bonds. The Labute approximate surface area is 101 Å². The number of benzene rings is 1. The third-order valence-corrected chi connectivity index (χ3v) is 3.22. The molecule has 16 heavy (non-hydrogen) atoms. The third-order valence-electron chi connectivity index (χ3n) is 2.91. The number of ketones is 1. The molecule has 0 saturated heterocycles. The van der Waals surface area contributed by atoms with Crippen molar-refractivity contribution in [2.24, 2.45) is 5.92 Å². The third kappa shape index (κ3) is 2.76. The first-order valence-electron chi connectivity index (χ1n) is 5.56. The number of ether oxygens (including phenoxy) is 1. The van der Waals surface area contributed by atoms with Crippen LogP contribution in [0.2, 0.25) is 5.02 Å². The van der Waals surface area contributed by atoms with Crippen LogP contribution in [0.3, 0.4) is 0 Å². The molecule has 0 N–H and O–H groups in total. The van der Waals surface area contributed by atoms with Crippen molar-refractivity contribution in [2.75, 3.05) is 7.11 Å². The summed E-state index contributed by atoms with van der Waals surface area (Å²) in [6.45, 7) is 0. The highest BCUT2D eigenvalue weighted by Gasteiger charge is 2.28. The first-order chi connectivity index (χ1) is 7.70. The second-order valence-corrected chi connectivity index (χ2v) is 4.62. The molecule has 1 fully saturated rings. The lowest BCUT2D eigenvalue weighted by Crippen LogP contribution is -2.02. The summed E-state index contributed by atoms with van der Waals surface area (Å²) in [4.78, 5) is 11.5. The minimum Gasteiger partial charge on any atom is -0.495 e. The zero-order valence-corrected chi connectivity index (χ0v) is 10.1. The lowest BCUT2D eigenvalue weighted by molar-refractivity contribution is -0.120. The van der Waals surface area contributed by atoms with Gasteiger partial charge < -0.3 is 4.74 Å². The van der Waals surface area contributed by atoms with Crippen molar-refractivity contribution in [3.63, 3.8) is 0 Å². The van der Waals surface area contributed by atoms with Gasteiger partial charge in [0.2, 0.25) is 0 Å². The largest absolute Gasteiger partial charge is 0.495 e. The Morgan fingerprint density at radius 1 is 1.50 bits per heavy atom. The maximum atomic E-state index is 11.5. The number of carbonyl (C=O) groups is 1. The molecule has 0 aliphatic heterocycles. The first kappa shape index (κ1) is 11.5. The van der Waals surface area contributed by atoms with Crippen LogP contribution in [0.15, 0.2) is 18.2 Å². The van der Waals surface area contributed by atoms with Crippen LogP contribution in [-0.2, 0) is 11.2 Å². The SMILES string of the molecule is COc1cc(CCC(=O)C2CC2)ccc1Cl. The number of halogens is 1. The van der Waals surface area contributed by atoms with E-state index in [1.54, 1.807) is 7.11 Å². The molecule has 0 spiro atoms. The molecule has 1 aliphatic rings. The van der Waals surface area contributed by atoms with Crippen molar-refractivity contribution in [1.29, 1.82) is 0 Å². The summed E-state index contributed by atoms with van der Waals surface area (Å²) in [5.74, 6) is 1.43. The van der Waals surface area contributed by atoms with Crippen molar-refractivity contribution in [3.05, 3.63) is 28.8 Å². The van der Waals surface area contributed by atoms with Crippen LogP contribution in [0, 0.1) is 5.92 Å². The van der Waals surface area contributed by atoms with Gasteiger partial charge in [-0.25, -0.2) is 0 Å². The number of hydrogen-bond donors (Lipinski definition) is 0. The summed E-state index contributed by atoms with van der Waals surface area (Å²) in [5, 5.41) is 0.611. The number of hydrogen-bond acceptors (Lipinski definition) is 2. The summed E-state index contributed by atoms with van der Waals surface area (Å²) in [6.07, 6.45) is 3.59. The summed E-state index contributed by atoms with van der Waals surface area (Å²) >= 11 is 5.93. The fourth-order valence-electron chi connectivity index (χ4n) is 1.74. The van der Waals surface area contributed by atoms with Crippen LogP contribution in [0.5, 0.6) is 5.75 Å². The quantitative estimate of drug-likeness (QED) is 0.787. The molecular formula is C13H15ClO2. The summed E-state index contributed by atoms with van der Waals surface area (Å²) < 4.78 is 5.14. The Hall–Kier alpha value is -1.02. The molecule has 86 valence electrons. The van der Waals surface area contributed by atoms with Crippen LogP contribution >= 0.6 is 11.6 Å². The molecule has 1 saturated carbocycles. The Balaban J connectivity index is 1.95. The van der Waals surface area contributed by atoms with E-state index in [9.17, 15) is 4.79 Å². The van der Waals surface area contributed by atoms with Crippen LogP contribution in [0.25, 0.3) is 0 Å². The van der Waals surface area contributed by atoms with Gasteiger partial charge in [-0.2, -0.15) is 0 Å². The van der Waals surface area contributed by atoms with Gasteiger partial charge in [0, 0.05) is 12.3 Å². The van der Waals surface area contributed by atoms with Gasteiger partial charge in [-0.15, -0.1) is 0 Å². The normalized spacial score (nSPS) is 14.9. The highest BCUT2D eigenvalue weighted by molar-refractivity contribution is 6.32. The average Bonchev–Trinajstić information content (AvgIpc) is 3.11. The van der Waals surface area contributed by atoms with Crippen molar-refractivity contribution in [1.82, 2.24) is 0 Å². The molecule has 0 radical (unpaired) electrons. The number of rotatable bonds is 5. The zero-order chi connectivity index (χ0) is 11.5. The minimum atomic E-state index is 0.356. The smallest absolute Gasteiger partial charge is 0.137 e. The zero-order valence-electron chi connectivity index (χ0n) is 9.33. The minimum absolute atomic E-state index is 0.356. The summed E-state index contributed by atoms with van der Waals surface area (Å²) in [5.41, 5.74) is 1.11. The predicted octanol–water partition coefficient (Wildman–Crippen LogP) is 3.26. The van der Waals surface area contributed by atoms with E-state index in [1.807, 2.05) is 18.2 Å². The number of methoxy groups -OCH3 is 1. The second kappa shape index (κ2) is 4.88. The summed E-state index contributed by atoms with van der Waals surface area (Å²) in [7, 11) is 1.60. The molecule has 3 heteroatoms. The highest BCUT2D eigenvalue weighted by Crippen LogP contribution is 2.31. The Kier molecular flexibility index (Phi) is 3.49. The van der Waals surface area contributed by atoms with E-state index in [0.717, 1.165) is 24.8 Å². The topological polar surface area (TPSA) is 26.3 Å². The van der Waals surface area contributed by atoms with Gasteiger partial charge in [-0.3, -0.25) is 4.79 Å². The Morgan fingerprint density at radius 3 is 2.88 bits per heavy atom. The number of carbonyl (C=O) groups excluding carboxylic acids is 1. The maximum Gasteiger partial charge on any atom is 0.137 e. The monoisotopic (exact) mass is 238 g/mol. The van der Waals surface area contributed by atoms with Gasteiger partial charge in [0.05, 0.1) is 12.1 Å². The molecule has 1 aromatic rings. The molecule has 2 nitrogen and oxygen atoms in total. The van der Waals surface area contributed by atoms with Crippen LogP contribution in [0.1, 0.15) is 24.8 Å². The number of Topliss-reactive ketones (excluding diaryl/α,β-unsaturated/α-hetero) is 1. The van der Waals surface area contributed by atoms with Gasteiger partial charge >= 0.3 is 0 Å². The molecule has 0 atom stereocenters. The Morgan fingerprint density at radius 2 is 2.25 bits per heavy atom. The molecule has 0 unspecified atom stereocenters. The van der Waals surface area contributed by atoms with Crippen molar-refractivity contribution < 1.29 is 9.53 Å². The lowest BCUT2D eigenvalue weighted by atomic mass is 10.1. The van der Waals surface area contributed by atoms with E-state index in [4.69, 9.17) is 16.3 Å². The second-order valence-electron chi connectivity index (χ2n) is 4.21. The molecule has 0 bridgehead atoms. The van der Waals surface area contributed by atoms with Crippen LogP contribution < -0.4 is 4.74 Å². The average molecular weight is 239 g/mol. The van der Waals surface area contributed by atoms with E-state index in [-0.39, 0.29) is 0 Å². The van der Waals surface area contributed by atoms with Gasteiger partial charge in [0.1, 0.15) is 11.5 Å². The lowest BCUT2D eigenvalue weighted by Gasteiger charge is -2.06. The van der Waals surface area contributed by atoms with Crippen LogP contribution in [-0.4, -0.2) is 12.9 Å². The predicted molar refractivity (Wildman–Crippen MR) is 64.1 cm³/mol. The van der Waals surface area contributed by atoms with Crippen molar-refractivity contribution >= 4 is 17.4 Å². The van der Waals surface area contributed by atoms with E-state index in [0.29, 0.717) is 28.9 Å². The van der Waals surface area contributed by atoms with Gasteiger partial charge in [-0.1, -0.05) is 17.7 Å². The summed E-state index contributed by atoms with van der Waals surface area (Å²) in [6, 6.07) is 5.67. The van der Waals surface area contributed by atoms with E-state index in [1.165, 1.54) is 0 Å². The van der Waals surface area contributed by atoms with Crippen molar-refractivity contribution in [2.45, 2.75) is 25.7 Å². The maximum absolute atomic E-state index is 11.5. The van der Waals surface area contributed by atoms with Gasteiger partial charge in [0.25, 0.3) is 0 Å². The van der Waals surface area contributed by atoms with Crippen LogP contribution in [0.4, 0.5) is 0 Å². The van der Waals surface area contributed by atoms with E-state index >= 15 is 0 Å². The highest BCUT2D eigenvalue weighted by atomic mass is 35.5. The first-order valence-corrected chi connectivity index (χ1v) is 5.93. The molecular weight excluding hydrogens is 224 g/mol. The van der Waals surface area contributed by atoms with E-state index in [2.05, 4.69) is 0 Å². The fraction of sp³-hybridized carbons (Fsp3) is 0.462. The van der Waals surface area contributed by atoms with Crippen molar-refractivity contribution in [3.8, 4) is 5.75 Å². The molecule has 1 aromatic carbocycles. The molecule has 0 aromatic heterocycles. The number of aryl methyl sites for hydroxylation is 1. The molecule has 0 heterocycles. The standard InChI is InChI=1S/C13H15ClO2/c1-16-13-8-9(2-6-11(13)14)3-7-12(15)10-4-5-10/h2,6,8,10H,3-5,7H2,1H3.